The number of amides is 1. The molecule has 114 valence electrons. The third-order valence-electron chi connectivity index (χ3n) is 4.73. The Morgan fingerprint density at radius 1 is 1.29 bits per heavy atom. The van der Waals surface area contributed by atoms with E-state index in [9.17, 15) is 4.79 Å². The van der Waals surface area contributed by atoms with E-state index in [1.165, 1.54) is 25.7 Å². The van der Waals surface area contributed by atoms with Crippen molar-refractivity contribution >= 4 is 5.91 Å². The molecule has 2 aliphatic rings. The van der Waals surface area contributed by atoms with Crippen molar-refractivity contribution in [3.63, 3.8) is 0 Å². The first-order valence-electron chi connectivity index (χ1n) is 7.74. The molecule has 1 aliphatic heterocycles. The van der Waals surface area contributed by atoms with Gasteiger partial charge in [-0.05, 0) is 25.0 Å². The van der Waals surface area contributed by atoms with Crippen molar-refractivity contribution in [1.29, 1.82) is 0 Å². The van der Waals surface area contributed by atoms with Crippen molar-refractivity contribution in [2.75, 3.05) is 33.4 Å². The molecule has 1 heterocycles. The van der Waals surface area contributed by atoms with Crippen molar-refractivity contribution in [1.82, 2.24) is 4.90 Å². The van der Waals surface area contributed by atoms with Crippen LogP contribution < -0.4 is 4.74 Å². The number of para-hydroxylation sites is 1. The molecule has 1 spiro atoms. The van der Waals surface area contributed by atoms with Gasteiger partial charge < -0.3 is 14.4 Å². The maximum atomic E-state index is 12.9. The molecule has 1 aromatic carbocycles. The molecule has 1 aromatic rings. The zero-order valence-corrected chi connectivity index (χ0v) is 12.6. The highest BCUT2D eigenvalue weighted by Crippen LogP contribution is 2.40. The number of carbonyl (C=O) groups is 1. The summed E-state index contributed by atoms with van der Waals surface area (Å²) in [6.45, 7) is 2.90. The summed E-state index contributed by atoms with van der Waals surface area (Å²) in [7, 11) is 1.61. The van der Waals surface area contributed by atoms with E-state index in [-0.39, 0.29) is 11.3 Å². The molecule has 1 saturated heterocycles. The van der Waals surface area contributed by atoms with Crippen molar-refractivity contribution < 1.29 is 14.3 Å². The van der Waals surface area contributed by atoms with Crippen LogP contribution in [0, 0.1) is 5.41 Å². The molecule has 21 heavy (non-hydrogen) atoms. The van der Waals surface area contributed by atoms with Gasteiger partial charge in [-0.1, -0.05) is 25.0 Å². The largest absolute Gasteiger partial charge is 0.496 e. The first kappa shape index (κ1) is 14.4. The third-order valence-corrected chi connectivity index (χ3v) is 4.73. The minimum absolute atomic E-state index is 0.0595. The monoisotopic (exact) mass is 289 g/mol. The molecule has 0 atom stereocenters. The normalized spacial score (nSPS) is 21.3. The van der Waals surface area contributed by atoms with Gasteiger partial charge in [-0.3, -0.25) is 4.79 Å². The van der Waals surface area contributed by atoms with E-state index in [0.29, 0.717) is 24.5 Å². The number of rotatable bonds is 2. The topological polar surface area (TPSA) is 38.8 Å². The molecule has 0 bridgehead atoms. The number of hydrogen-bond acceptors (Lipinski definition) is 3. The Labute approximate surface area is 126 Å². The molecule has 0 unspecified atom stereocenters. The summed E-state index contributed by atoms with van der Waals surface area (Å²) in [6.07, 6.45) is 4.84. The molecule has 0 radical (unpaired) electrons. The second-order valence-corrected chi connectivity index (χ2v) is 6.19. The van der Waals surface area contributed by atoms with E-state index < -0.39 is 0 Å². The van der Waals surface area contributed by atoms with Crippen LogP contribution in [-0.4, -0.2) is 44.2 Å². The Hall–Kier alpha value is -1.55. The maximum Gasteiger partial charge on any atom is 0.257 e. The number of nitrogens with zero attached hydrogens (tertiary/aromatic N) is 1. The molecule has 0 N–H and O–H groups in total. The molecular weight excluding hydrogens is 266 g/mol. The van der Waals surface area contributed by atoms with Gasteiger partial charge in [0.2, 0.25) is 0 Å². The fourth-order valence-corrected chi connectivity index (χ4v) is 3.59. The highest BCUT2D eigenvalue weighted by molar-refractivity contribution is 5.97. The van der Waals surface area contributed by atoms with Crippen LogP contribution in [-0.2, 0) is 4.74 Å². The standard InChI is InChI=1S/C17H23NO3/c1-20-15-7-3-2-6-14(15)16(19)18-10-11-21-13-17(12-18)8-4-5-9-17/h2-3,6-7H,4-5,8-13H2,1H3. The van der Waals surface area contributed by atoms with Gasteiger partial charge >= 0.3 is 0 Å². The number of benzene rings is 1. The zero-order valence-electron chi connectivity index (χ0n) is 12.6. The van der Waals surface area contributed by atoms with E-state index >= 15 is 0 Å². The smallest absolute Gasteiger partial charge is 0.257 e. The van der Waals surface area contributed by atoms with Crippen LogP contribution in [0.1, 0.15) is 36.0 Å². The fraction of sp³-hybridized carbons (Fsp3) is 0.588. The number of hydrogen-bond donors (Lipinski definition) is 0. The summed E-state index contributed by atoms with van der Waals surface area (Å²) in [5.41, 5.74) is 0.823. The molecule has 1 saturated carbocycles. The van der Waals surface area contributed by atoms with Crippen molar-refractivity contribution in [3.05, 3.63) is 29.8 Å². The highest BCUT2D eigenvalue weighted by Gasteiger charge is 2.39. The molecule has 0 aromatic heterocycles. The van der Waals surface area contributed by atoms with Gasteiger partial charge in [0.05, 0.1) is 25.9 Å². The summed E-state index contributed by atoms with van der Waals surface area (Å²) in [6, 6.07) is 7.45. The van der Waals surface area contributed by atoms with E-state index in [2.05, 4.69) is 0 Å². The number of methoxy groups -OCH3 is 1. The Morgan fingerprint density at radius 2 is 2.05 bits per heavy atom. The van der Waals surface area contributed by atoms with Gasteiger partial charge in [-0.25, -0.2) is 0 Å². The van der Waals surface area contributed by atoms with Gasteiger partial charge in [0, 0.05) is 18.5 Å². The molecule has 2 fully saturated rings. The van der Waals surface area contributed by atoms with Crippen LogP contribution >= 0.6 is 0 Å². The lowest BCUT2D eigenvalue weighted by molar-refractivity contribution is 0.0643. The van der Waals surface area contributed by atoms with Gasteiger partial charge in [0.15, 0.2) is 0 Å². The molecule has 3 rings (SSSR count). The molecule has 1 aliphatic carbocycles. The van der Waals surface area contributed by atoms with Crippen molar-refractivity contribution in [3.8, 4) is 5.75 Å². The predicted octanol–water partition coefficient (Wildman–Crippen LogP) is 2.73. The third kappa shape index (κ3) is 2.91. The Balaban J connectivity index is 1.82. The highest BCUT2D eigenvalue weighted by atomic mass is 16.5. The lowest BCUT2D eigenvalue weighted by Gasteiger charge is -2.31. The van der Waals surface area contributed by atoms with Gasteiger partial charge in [0.25, 0.3) is 5.91 Å². The van der Waals surface area contributed by atoms with Gasteiger partial charge in [0.1, 0.15) is 5.75 Å². The summed E-state index contributed by atoms with van der Waals surface area (Å²) in [5.74, 6) is 0.706. The average molecular weight is 289 g/mol. The Morgan fingerprint density at radius 3 is 2.81 bits per heavy atom. The summed E-state index contributed by atoms with van der Waals surface area (Å²) in [4.78, 5) is 14.8. The summed E-state index contributed by atoms with van der Waals surface area (Å²) in [5, 5.41) is 0. The van der Waals surface area contributed by atoms with E-state index in [1.54, 1.807) is 7.11 Å². The molecule has 4 heteroatoms. The lowest BCUT2D eigenvalue weighted by Crippen LogP contribution is -2.40. The van der Waals surface area contributed by atoms with Crippen LogP contribution in [0.4, 0.5) is 0 Å². The quantitative estimate of drug-likeness (QED) is 0.840. The number of ether oxygens (including phenoxy) is 2. The minimum atomic E-state index is 0.0595. The predicted molar refractivity (Wildman–Crippen MR) is 80.6 cm³/mol. The summed E-state index contributed by atoms with van der Waals surface area (Å²) >= 11 is 0. The van der Waals surface area contributed by atoms with Crippen LogP contribution in [0.3, 0.4) is 0 Å². The SMILES string of the molecule is COc1ccccc1C(=O)N1CCOCC2(CCCC2)C1. The molecular formula is C17H23NO3. The Bertz CT molecular complexity index is 509. The molecule has 1 amide bonds. The fourth-order valence-electron chi connectivity index (χ4n) is 3.59. The van der Waals surface area contributed by atoms with E-state index in [4.69, 9.17) is 9.47 Å². The van der Waals surface area contributed by atoms with Gasteiger partial charge in [-0.2, -0.15) is 0 Å². The van der Waals surface area contributed by atoms with Crippen LogP contribution in [0.15, 0.2) is 24.3 Å². The van der Waals surface area contributed by atoms with Crippen molar-refractivity contribution in [2.45, 2.75) is 25.7 Å². The van der Waals surface area contributed by atoms with Gasteiger partial charge in [-0.15, -0.1) is 0 Å². The van der Waals surface area contributed by atoms with E-state index in [0.717, 1.165) is 13.2 Å². The minimum Gasteiger partial charge on any atom is -0.496 e. The van der Waals surface area contributed by atoms with Crippen molar-refractivity contribution in [2.24, 2.45) is 5.41 Å². The van der Waals surface area contributed by atoms with E-state index in [1.807, 2.05) is 29.2 Å². The van der Waals surface area contributed by atoms with Crippen LogP contribution in [0.25, 0.3) is 0 Å². The second-order valence-electron chi connectivity index (χ2n) is 6.19. The van der Waals surface area contributed by atoms with Crippen LogP contribution in [0.2, 0.25) is 0 Å². The molecule has 4 nitrogen and oxygen atoms in total. The summed E-state index contributed by atoms with van der Waals surface area (Å²) < 4.78 is 11.1. The maximum absolute atomic E-state index is 12.9. The lowest BCUT2D eigenvalue weighted by atomic mass is 9.86. The van der Waals surface area contributed by atoms with Crippen LogP contribution in [0.5, 0.6) is 5.75 Å². The zero-order chi connectivity index (χ0) is 14.7. The first-order valence-corrected chi connectivity index (χ1v) is 7.74. The second kappa shape index (κ2) is 6.06. The Kier molecular flexibility index (Phi) is 4.15. The first-order chi connectivity index (χ1) is 10.2. The average Bonchev–Trinajstić information content (AvgIpc) is 2.87. The number of carbonyl (C=O) groups excluding carboxylic acids is 1.